The smallest absolute Gasteiger partial charge is 0.343 e. The van der Waals surface area contributed by atoms with E-state index in [0.29, 0.717) is 17.1 Å². The highest BCUT2D eigenvalue weighted by Crippen LogP contribution is 2.30. The van der Waals surface area contributed by atoms with Crippen LogP contribution >= 0.6 is 0 Å². The number of carbonyl (C=O) groups excluding carboxylic acids is 2. The van der Waals surface area contributed by atoms with E-state index in [1.165, 1.54) is 51.4 Å². The van der Waals surface area contributed by atoms with Crippen molar-refractivity contribution < 1.29 is 19.1 Å². The maximum absolute atomic E-state index is 13.2. The van der Waals surface area contributed by atoms with Crippen molar-refractivity contribution >= 4 is 22.5 Å². The second kappa shape index (κ2) is 19.8. The molecular formula is C44H56O4. The van der Waals surface area contributed by atoms with Gasteiger partial charge in [0.1, 0.15) is 17.3 Å². The van der Waals surface area contributed by atoms with Gasteiger partial charge in [0.15, 0.2) is 0 Å². The maximum atomic E-state index is 13.2. The van der Waals surface area contributed by atoms with Gasteiger partial charge in [0, 0.05) is 11.8 Å². The van der Waals surface area contributed by atoms with E-state index in [0.717, 1.165) is 71.9 Å². The predicted octanol–water partition coefficient (Wildman–Crippen LogP) is 12.5. The summed E-state index contributed by atoms with van der Waals surface area (Å²) in [5, 5.41) is 2.00. The summed E-state index contributed by atoms with van der Waals surface area (Å²) >= 11 is 0. The van der Waals surface area contributed by atoms with Crippen LogP contribution in [0.15, 0.2) is 84.9 Å². The van der Waals surface area contributed by atoms with E-state index in [1.54, 1.807) is 0 Å². The molecule has 0 spiro atoms. The summed E-state index contributed by atoms with van der Waals surface area (Å²) in [6.07, 6.45) is 15.7. The monoisotopic (exact) mass is 648 g/mol. The molecule has 4 nitrogen and oxygen atoms in total. The molecule has 0 bridgehead atoms. The lowest BCUT2D eigenvalue weighted by Gasteiger charge is -2.20. The Bertz CT molecular complexity index is 1550. The van der Waals surface area contributed by atoms with Crippen molar-refractivity contribution in [2.75, 3.05) is 6.61 Å². The van der Waals surface area contributed by atoms with E-state index in [9.17, 15) is 9.59 Å². The third-order valence-electron chi connectivity index (χ3n) is 9.47. The quantitative estimate of drug-likeness (QED) is 0.0512. The molecule has 4 heteroatoms. The van der Waals surface area contributed by atoms with Crippen LogP contribution in [-0.2, 0) is 4.79 Å². The second-order valence-electron chi connectivity index (χ2n) is 13.3. The van der Waals surface area contributed by atoms with Gasteiger partial charge in [-0.05, 0) is 83.1 Å². The minimum Gasteiger partial charge on any atom is -0.494 e. The lowest BCUT2D eigenvalue weighted by molar-refractivity contribution is -0.124. The Labute approximate surface area is 289 Å². The molecule has 0 heterocycles. The summed E-state index contributed by atoms with van der Waals surface area (Å²) in [6.45, 7) is 9.32. The van der Waals surface area contributed by atoms with Crippen LogP contribution in [0.4, 0.5) is 0 Å². The van der Waals surface area contributed by atoms with Gasteiger partial charge in [0.2, 0.25) is 0 Å². The van der Waals surface area contributed by atoms with Gasteiger partial charge in [-0.2, -0.15) is 0 Å². The van der Waals surface area contributed by atoms with E-state index in [4.69, 9.17) is 9.47 Å². The minimum atomic E-state index is -0.394. The Hall–Kier alpha value is -3.92. The predicted molar refractivity (Wildman–Crippen MR) is 200 cm³/mol. The first kappa shape index (κ1) is 36.9. The third kappa shape index (κ3) is 11.1. The zero-order valence-electron chi connectivity index (χ0n) is 29.8. The molecule has 0 radical (unpaired) electrons. The van der Waals surface area contributed by atoms with Crippen molar-refractivity contribution in [3.8, 4) is 22.6 Å². The highest BCUT2D eigenvalue weighted by atomic mass is 16.5. The average Bonchev–Trinajstić information content (AvgIpc) is 3.11. The van der Waals surface area contributed by atoms with Crippen molar-refractivity contribution in [1.29, 1.82) is 0 Å². The van der Waals surface area contributed by atoms with Crippen LogP contribution in [-0.4, -0.2) is 18.4 Å². The summed E-state index contributed by atoms with van der Waals surface area (Å²) in [7, 11) is 0. The molecule has 256 valence electrons. The number of ketones is 1. The molecule has 0 fully saturated rings. The average molecular weight is 649 g/mol. The molecule has 4 aromatic carbocycles. The first-order chi connectivity index (χ1) is 23.4. The van der Waals surface area contributed by atoms with Crippen LogP contribution in [0.5, 0.6) is 11.5 Å². The Morgan fingerprint density at radius 2 is 1.12 bits per heavy atom. The molecule has 0 aliphatic rings. The number of esters is 1. The molecule has 4 aromatic rings. The highest BCUT2D eigenvalue weighted by molar-refractivity contribution is 5.93. The number of hydrogen-bond donors (Lipinski definition) is 0. The third-order valence-corrected chi connectivity index (χ3v) is 9.47. The molecule has 0 saturated carbocycles. The number of Topliss-reactive ketones (excluding diaryl/α,β-unsaturated/α-hetero) is 1. The van der Waals surface area contributed by atoms with Crippen molar-refractivity contribution in [1.82, 2.24) is 0 Å². The SMILES string of the molecule is CCCCCCCCCCCOc1ccc(-c2ccc(C(=O)Oc3ccc4cc([C@H](C)C(=O)C(CCC)CCC)ccc4c3)cc2)cc1. The van der Waals surface area contributed by atoms with Crippen LogP contribution in [0, 0.1) is 5.92 Å². The number of rotatable bonds is 21. The van der Waals surface area contributed by atoms with Crippen molar-refractivity contribution in [2.45, 2.75) is 117 Å². The van der Waals surface area contributed by atoms with Gasteiger partial charge in [0.05, 0.1) is 12.2 Å². The number of ether oxygens (including phenoxy) is 2. The molecule has 4 rings (SSSR count). The number of unbranched alkanes of at least 4 members (excludes halogenated alkanes) is 8. The van der Waals surface area contributed by atoms with Gasteiger partial charge in [-0.1, -0.05) is 140 Å². The topological polar surface area (TPSA) is 52.6 Å². The van der Waals surface area contributed by atoms with E-state index >= 15 is 0 Å². The molecule has 1 atom stereocenters. The zero-order valence-corrected chi connectivity index (χ0v) is 29.8. The summed E-state index contributed by atoms with van der Waals surface area (Å²) in [5.41, 5.74) is 3.63. The fourth-order valence-electron chi connectivity index (χ4n) is 6.53. The van der Waals surface area contributed by atoms with Gasteiger partial charge in [-0.3, -0.25) is 4.79 Å². The Morgan fingerprint density at radius 1 is 0.583 bits per heavy atom. The van der Waals surface area contributed by atoms with Crippen LogP contribution in [0.3, 0.4) is 0 Å². The minimum absolute atomic E-state index is 0.126. The zero-order chi connectivity index (χ0) is 34.1. The summed E-state index contributed by atoms with van der Waals surface area (Å²) in [4.78, 5) is 26.2. The Balaban J connectivity index is 1.26. The largest absolute Gasteiger partial charge is 0.494 e. The van der Waals surface area contributed by atoms with Gasteiger partial charge in [-0.25, -0.2) is 4.79 Å². The van der Waals surface area contributed by atoms with Gasteiger partial charge in [0.25, 0.3) is 0 Å². The molecule has 0 unspecified atom stereocenters. The standard InChI is InChI=1S/C44H56O4/c1-5-8-9-10-11-12-13-14-15-30-47-41-27-24-35(25-28-41)34-18-20-37(21-19-34)44(46)48-42-29-26-39-31-38(22-23-40(39)32-42)33(4)43(45)36(16-6-2)17-7-3/h18-29,31-33,36H,5-17,30H2,1-4H3/t33-/m0/s1. The van der Waals surface area contributed by atoms with Crippen molar-refractivity contribution in [3.05, 3.63) is 96.1 Å². The van der Waals surface area contributed by atoms with Crippen LogP contribution in [0.1, 0.15) is 133 Å². The number of hydrogen-bond acceptors (Lipinski definition) is 4. The second-order valence-corrected chi connectivity index (χ2v) is 13.3. The van der Waals surface area contributed by atoms with Crippen LogP contribution < -0.4 is 9.47 Å². The van der Waals surface area contributed by atoms with Crippen LogP contribution in [0.25, 0.3) is 21.9 Å². The summed E-state index contributed by atoms with van der Waals surface area (Å²) in [5.74, 6) is 1.31. The van der Waals surface area contributed by atoms with Gasteiger partial charge in [-0.15, -0.1) is 0 Å². The number of fused-ring (bicyclic) bond motifs is 1. The van der Waals surface area contributed by atoms with Gasteiger partial charge >= 0.3 is 5.97 Å². The van der Waals surface area contributed by atoms with E-state index in [-0.39, 0.29) is 11.8 Å². The van der Waals surface area contributed by atoms with Crippen molar-refractivity contribution in [3.63, 3.8) is 0 Å². The Kier molecular flexibility index (Phi) is 15.2. The first-order valence-corrected chi connectivity index (χ1v) is 18.6. The lowest BCUT2D eigenvalue weighted by Crippen LogP contribution is -2.20. The lowest BCUT2D eigenvalue weighted by atomic mass is 9.83. The first-order valence-electron chi connectivity index (χ1n) is 18.6. The molecule has 0 aromatic heterocycles. The molecule has 0 aliphatic carbocycles. The fraction of sp³-hybridized carbons (Fsp3) is 0.455. The number of benzene rings is 4. The normalized spacial score (nSPS) is 11.9. The Morgan fingerprint density at radius 3 is 1.75 bits per heavy atom. The van der Waals surface area contributed by atoms with Crippen LogP contribution in [0.2, 0.25) is 0 Å². The highest BCUT2D eigenvalue weighted by Gasteiger charge is 2.24. The molecule has 0 saturated heterocycles. The molecule has 0 aliphatic heterocycles. The molecule has 48 heavy (non-hydrogen) atoms. The van der Waals surface area contributed by atoms with E-state index in [1.807, 2.05) is 73.7 Å². The van der Waals surface area contributed by atoms with E-state index in [2.05, 4.69) is 39.0 Å². The molecule has 0 N–H and O–H groups in total. The van der Waals surface area contributed by atoms with E-state index < -0.39 is 5.97 Å². The molecule has 0 amide bonds. The summed E-state index contributed by atoms with van der Waals surface area (Å²) in [6, 6.07) is 27.5. The maximum Gasteiger partial charge on any atom is 0.343 e. The summed E-state index contributed by atoms with van der Waals surface area (Å²) < 4.78 is 11.7. The van der Waals surface area contributed by atoms with Gasteiger partial charge < -0.3 is 9.47 Å². The van der Waals surface area contributed by atoms with Crippen molar-refractivity contribution in [2.24, 2.45) is 5.92 Å². The number of carbonyl (C=O) groups is 2. The fourth-order valence-corrected chi connectivity index (χ4v) is 6.53. The molecular weight excluding hydrogens is 592 g/mol.